The largest absolute Gasteiger partial charge is 0.508 e. The minimum atomic E-state index is 0.0168. The Kier molecular flexibility index (Phi) is 4.55. The summed E-state index contributed by atoms with van der Waals surface area (Å²) in [5.74, 6) is 0.804. The molecule has 17 heavy (non-hydrogen) atoms. The predicted molar refractivity (Wildman–Crippen MR) is 69.3 cm³/mol. The fourth-order valence-electron chi connectivity index (χ4n) is 1.65. The highest BCUT2D eigenvalue weighted by Gasteiger charge is 2.14. The van der Waals surface area contributed by atoms with Gasteiger partial charge in [0.2, 0.25) is 0 Å². The molecule has 1 rings (SSSR count). The van der Waals surface area contributed by atoms with E-state index in [2.05, 4.69) is 13.8 Å². The number of hydrogen-bond acceptors (Lipinski definition) is 2. The van der Waals surface area contributed by atoms with Crippen LogP contribution in [-0.2, 0) is 0 Å². The summed E-state index contributed by atoms with van der Waals surface area (Å²) in [6.07, 6.45) is 0.999. The van der Waals surface area contributed by atoms with Crippen molar-refractivity contribution in [3.05, 3.63) is 29.3 Å². The fourth-order valence-corrected chi connectivity index (χ4v) is 1.65. The van der Waals surface area contributed by atoms with E-state index in [4.69, 9.17) is 0 Å². The maximum atomic E-state index is 12.1. The highest BCUT2D eigenvalue weighted by atomic mass is 16.3. The molecule has 94 valence electrons. The van der Waals surface area contributed by atoms with Crippen molar-refractivity contribution in [3.8, 4) is 5.75 Å². The Hall–Kier alpha value is -1.51. The monoisotopic (exact) mass is 235 g/mol. The zero-order chi connectivity index (χ0) is 13.0. The molecular weight excluding hydrogens is 214 g/mol. The van der Waals surface area contributed by atoms with Crippen molar-refractivity contribution in [1.29, 1.82) is 0 Å². The van der Waals surface area contributed by atoms with Gasteiger partial charge in [0, 0.05) is 19.2 Å². The number of aromatic hydroxyl groups is 1. The van der Waals surface area contributed by atoms with Crippen LogP contribution in [0.4, 0.5) is 0 Å². The Morgan fingerprint density at radius 3 is 2.59 bits per heavy atom. The van der Waals surface area contributed by atoms with Crippen LogP contribution in [0.2, 0.25) is 0 Å². The highest BCUT2D eigenvalue weighted by molar-refractivity contribution is 5.95. The van der Waals surface area contributed by atoms with Gasteiger partial charge in [0.1, 0.15) is 5.75 Å². The van der Waals surface area contributed by atoms with Crippen LogP contribution < -0.4 is 0 Å². The van der Waals surface area contributed by atoms with E-state index >= 15 is 0 Å². The van der Waals surface area contributed by atoms with Gasteiger partial charge in [-0.2, -0.15) is 0 Å². The van der Waals surface area contributed by atoms with Gasteiger partial charge >= 0.3 is 0 Å². The van der Waals surface area contributed by atoms with E-state index in [0.717, 1.165) is 18.5 Å². The van der Waals surface area contributed by atoms with Gasteiger partial charge in [0.25, 0.3) is 5.91 Å². The van der Waals surface area contributed by atoms with Crippen LogP contribution in [0.1, 0.15) is 36.2 Å². The number of phenolic OH excluding ortho intramolecular Hbond substituents is 1. The second-order valence-corrected chi connectivity index (χ2v) is 4.91. The lowest BCUT2D eigenvalue weighted by Crippen LogP contribution is -2.29. The molecule has 3 nitrogen and oxygen atoms in total. The first-order valence-corrected chi connectivity index (χ1v) is 5.97. The van der Waals surface area contributed by atoms with Crippen molar-refractivity contribution in [2.45, 2.75) is 27.2 Å². The molecule has 1 aromatic carbocycles. The zero-order valence-electron chi connectivity index (χ0n) is 11.0. The van der Waals surface area contributed by atoms with E-state index in [0.29, 0.717) is 11.5 Å². The second-order valence-electron chi connectivity index (χ2n) is 4.91. The summed E-state index contributed by atoms with van der Waals surface area (Å²) in [5.41, 5.74) is 1.47. The summed E-state index contributed by atoms with van der Waals surface area (Å²) in [6, 6.07) is 4.85. The van der Waals surface area contributed by atoms with Gasteiger partial charge in [0.05, 0.1) is 0 Å². The molecule has 0 radical (unpaired) electrons. The average Bonchev–Trinajstić information content (AvgIpc) is 2.25. The number of amides is 1. The van der Waals surface area contributed by atoms with Gasteiger partial charge < -0.3 is 10.0 Å². The van der Waals surface area contributed by atoms with Crippen LogP contribution >= 0.6 is 0 Å². The Balaban J connectivity index is 2.75. The summed E-state index contributed by atoms with van der Waals surface area (Å²) in [6.45, 7) is 6.88. The maximum absolute atomic E-state index is 12.1. The summed E-state index contributed by atoms with van der Waals surface area (Å²) in [4.78, 5) is 13.9. The molecule has 0 fully saturated rings. The Morgan fingerprint density at radius 2 is 2.06 bits per heavy atom. The number of benzene rings is 1. The Labute approximate surface area is 103 Å². The SMILES string of the molecule is Cc1cc(O)ccc1C(=O)N(C)CCC(C)C. The average molecular weight is 235 g/mol. The first-order valence-electron chi connectivity index (χ1n) is 5.97. The van der Waals surface area contributed by atoms with Crippen LogP contribution in [0.5, 0.6) is 5.75 Å². The van der Waals surface area contributed by atoms with E-state index in [1.807, 2.05) is 14.0 Å². The number of rotatable bonds is 4. The topological polar surface area (TPSA) is 40.5 Å². The van der Waals surface area contributed by atoms with Crippen molar-refractivity contribution in [3.63, 3.8) is 0 Å². The molecule has 0 saturated carbocycles. The first kappa shape index (κ1) is 13.6. The van der Waals surface area contributed by atoms with E-state index < -0.39 is 0 Å². The van der Waals surface area contributed by atoms with E-state index in [-0.39, 0.29) is 11.7 Å². The van der Waals surface area contributed by atoms with Crippen LogP contribution in [0.25, 0.3) is 0 Å². The molecule has 0 atom stereocenters. The van der Waals surface area contributed by atoms with Gasteiger partial charge in [-0.1, -0.05) is 13.8 Å². The van der Waals surface area contributed by atoms with Crippen molar-refractivity contribution >= 4 is 5.91 Å². The van der Waals surface area contributed by atoms with Crippen LogP contribution in [0, 0.1) is 12.8 Å². The molecule has 3 heteroatoms. The second kappa shape index (κ2) is 5.71. The van der Waals surface area contributed by atoms with E-state index in [1.54, 1.807) is 23.1 Å². The summed E-state index contributed by atoms with van der Waals surface area (Å²) in [5, 5.41) is 9.31. The van der Waals surface area contributed by atoms with Crippen molar-refractivity contribution < 1.29 is 9.90 Å². The molecule has 0 spiro atoms. The van der Waals surface area contributed by atoms with Gasteiger partial charge in [-0.05, 0) is 43.0 Å². The lowest BCUT2D eigenvalue weighted by molar-refractivity contribution is 0.0788. The number of hydrogen-bond donors (Lipinski definition) is 1. The molecule has 0 bridgehead atoms. The Morgan fingerprint density at radius 1 is 1.41 bits per heavy atom. The standard InChI is InChI=1S/C14H21NO2/c1-10(2)7-8-15(4)14(17)13-6-5-12(16)9-11(13)3/h5-6,9-10,16H,7-8H2,1-4H3. The molecule has 1 amide bonds. The molecule has 0 aromatic heterocycles. The summed E-state index contributed by atoms with van der Waals surface area (Å²) >= 11 is 0. The van der Waals surface area contributed by atoms with Crippen LogP contribution in [-0.4, -0.2) is 29.5 Å². The third-order valence-corrected chi connectivity index (χ3v) is 2.83. The number of carbonyl (C=O) groups excluding carboxylic acids is 1. The molecule has 0 saturated heterocycles. The van der Waals surface area contributed by atoms with Crippen molar-refractivity contribution in [1.82, 2.24) is 4.90 Å². The smallest absolute Gasteiger partial charge is 0.253 e. The van der Waals surface area contributed by atoms with Gasteiger partial charge in [0.15, 0.2) is 0 Å². The number of nitrogens with zero attached hydrogens (tertiary/aromatic N) is 1. The Bertz CT molecular complexity index is 399. The quantitative estimate of drug-likeness (QED) is 0.871. The van der Waals surface area contributed by atoms with Gasteiger partial charge in [-0.15, -0.1) is 0 Å². The van der Waals surface area contributed by atoms with Crippen LogP contribution in [0.15, 0.2) is 18.2 Å². The number of aryl methyl sites for hydroxylation is 1. The molecule has 1 aromatic rings. The number of carbonyl (C=O) groups is 1. The molecular formula is C14H21NO2. The molecule has 0 aliphatic heterocycles. The zero-order valence-corrected chi connectivity index (χ0v) is 11.0. The van der Waals surface area contributed by atoms with Gasteiger partial charge in [-0.25, -0.2) is 0 Å². The lowest BCUT2D eigenvalue weighted by Gasteiger charge is -2.19. The normalized spacial score (nSPS) is 10.6. The highest BCUT2D eigenvalue weighted by Crippen LogP contribution is 2.17. The third kappa shape index (κ3) is 3.77. The third-order valence-electron chi connectivity index (χ3n) is 2.83. The number of phenols is 1. The van der Waals surface area contributed by atoms with Gasteiger partial charge in [-0.3, -0.25) is 4.79 Å². The predicted octanol–water partition coefficient (Wildman–Crippen LogP) is 2.82. The van der Waals surface area contributed by atoms with Crippen molar-refractivity contribution in [2.24, 2.45) is 5.92 Å². The molecule has 0 unspecified atom stereocenters. The fraction of sp³-hybridized carbons (Fsp3) is 0.500. The molecule has 0 aliphatic carbocycles. The maximum Gasteiger partial charge on any atom is 0.253 e. The summed E-state index contributed by atoms with van der Waals surface area (Å²) < 4.78 is 0. The lowest BCUT2D eigenvalue weighted by atomic mass is 10.1. The minimum absolute atomic E-state index is 0.0168. The van der Waals surface area contributed by atoms with Crippen LogP contribution in [0.3, 0.4) is 0 Å². The van der Waals surface area contributed by atoms with E-state index in [1.165, 1.54) is 0 Å². The minimum Gasteiger partial charge on any atom is -0.508 e. The van der Waals surface area contributed by atoms with E-state index in [9.17, 15) is 9.90 Å². The molecule has 0 aliphatic rings. The molecule has 1 N–H and O–H groups in total. The first-order chi connectivity index (χ1) is 7.91. The van der Waals surface area contributed by atoms with Crippen molar-refractivity contribution in [2.75, 3.05) is 13.6 Å². The molecule has 0 heterocycles. The summed E-state index contributed by atoms with van der Waals surface area (Å²) in [7, 11) is 1.82.